The van der Waals surface area contributed by atoms with E-state index < -0.39 is 0 Å². The van der Waals surface area contributed by atoms with Gasteiger partial charge < -0.3 is 0 Å². The van der Waals surface area contributed by atoms with Crippen LogP contribution in [0.1, 0.15) is 6.42 Å². The van der Waals surface area contributed by atoms with Crippen LogP contribution in [-0.4, -0.2) is 12.3 Å². The lowest BCUT2D eigenvalue weighted by atomic mass is 10.2. The fourth-order valence-electron chi connectivity index (χ4n) is 0.408. The largest absolute Gasteiger partial charge is 0.289 e. The Morgan fingerprint density at radius 1 is 1.83 bits per heavy atom. The average molecular weight is 81.1 g/mol. The highest BCUT2D eigenvalue weighted by atomic mass is 14.8. The molecule has 32 valence electrons. The summed E-state index contributed by atoms with van der Waals surface area (Å²) in [6, 6.07) is 0. The predicted molar refractivity (Wildman–Crippen MR) is 27.1 cm³/mol. The Labute approximate surface area is 37.4 Å². The van der Waals surface area contributed by atoms with Gasteiger partial charge in [0, 0.05) is 18.7 Å². The van der Waals surface area contributed by atoms with Gasteiger partial charge in [0.2, 0.25) is 0 Å². The van der Waals surface area contributed by atoms with E-state index in [2.05, 4.69) is 11.6 Å². The summed E-state index contributed by atoms with van der Waals surface area (Å²) in [5.41, 5.74) is 1.16. The van der Waals surface area contributed by atoms with E-state index in [1.165, 1.54) is 0 Å². The molecular formula is C5H7N. The van der Waals surface area contributed by atoms with Crippen LogP contribution in [0.25, 0.3) is 0 Å². The Hall–Kier alpha value is -0.590. The van der Waals surface area contributed by atoms with Gasteiger partial charge in [-0.2, -0.15) is 0 Å². The van der Waals surface area contributed by atoms with E-state index in [9.17, 15) is 0 Å². The molecular weight excluding hydrogens is 74.1 g/mol. The third-order valence-electron chi connectivity index (χ3n) is 0.918. The van der Waals surface area contributed by atoms with Crippen molar-refractivity contribution in [2.75, 3.05) is 6.54 Å². The molecule has 1 aliphatic rings. The van der Waals surface area contributed by atoms with E-state index in [1.807, 2.05) is 6.08 Å². The third-order valence-corrected chi connectivity index (χ3v) is 0.918. The molecule has 0 aromatic carbocycles. The fraction of sp³-hybridized carbons (Fsp3) is 0.400. The van der Waals surface area contributed by atoms with Crippen LogP contribution in [0, 0.1) is 0 Å². The summed E-state index contributed by atoms with van der Waals surface area (Å²) in [6.45, 7) is 4.57. The summed E-state index contributed by atoms with van der Waals surface area (Å²) in [4.78, 5) is 3.99. The molecule has 0 saturated heterocycles. The fourth-order valence-corrected chi connectivity index (χ4v) is 0.408. The third kappa shape index (κ3) is 0.361. The van der Waals surface area contributed by atoms with Gasteiger partial charge in [0.15, 0.2) is 0 Å². The molecule has 0 aliphatic carbocycles. The van der Waals surface area contributed by atoms with Crippen LogP contribution in [0.5, 0.6) is 0 Å². The molecule has 0 saturated carbocycles. The zero-order valence-corrected chi connectivity index (χ0v) is 3.65. The minimum atomic E-state index is 1.02. The smallest absolute Gasteiger partial charge is 0.0447 e. The molecule has 0 bridgehead atoms. The highest BCUT2D eigenvalue weighted by Gasteiger charge is 1.99. The Morgan fingerprint density at radius 2 is 2.50 bits per heavy atom. The maximum atomic E-state index is 3.99. The van der Waals surface area contributed by atoms with Crippen molar-refractivity contribution in [3.8, 4) is 0 Å². The predicted octanol–water partition coefficient (Wildman–Crippen LogP) is 1.02. The minimum absolute atomic E-state index is 1.02. The Balaban J connectivity index is 2.52. The molecule has 1 nitrogen and oxygen atoms in total. The number of aliphatic imine (C=N–C) groups is 1. The number of allylic oxidation sites excluding steroid dienone is 1. The Kier molecular flexibility index (Phi) is 0.748. The first-order valence-corrected chi connectivity index (χ1v) is 2.09. The summed E-state index contributed by atoms with van der Waals surface area (Å²) in [5, 5.41) is 0. The van der Waals surface area contributed by atoms with Gasteiger partial charge in [0.05, 0.1) is 0 Å². The van der Waals surface area contributed by atoms with E-state index in [1.54, 1.807) is 0 Å². The first-order valence-electron chi connectivity index (χ1n) is 2.09. The normalized spacial score (nSPS) is 18.3. The van der Waals surface area contributed by atoms with Gasteiger partial charge >= 0.3 is 0 Å². The van der Waals surface area contributed by atoms with Crippen LogP contribution < -0.4 is 0 Å². The first kappa shape index (κ1) is 3.59. The van der Waals surface area contributed by atoms with Gasteiger partial charge in [-0.3, -0.25) is 4.99 Å². The summed E-state index contributed by atoms with van der Waals surface area (Å²) in [6.07, 6.45) is 2.95. The van der Waals surface area contributed by atoms with Crippen LogP contribution in [-0.2, 0) is 0 Å². The van der Waals surface area contributed by atoms with E-state index in [4.69, 9.17) is 0 Å². The van der Waals surface area contributed by atoms with Crippen molar-refractivity contribution < 1.29 is 0 Å². The van der Waals surface area contributed by atoms with Crippen molar-refractivity contribution in [1.82, 2.24) is 0 Å². The Morgan fingerprint density at radius 3 is 2.50 bits per heavy atom. The van der Waals surface area contributed by atoms with Crippen molar-refractivity contribution in [1.29, 1.82) is 0 Å². The molecule has 0 atom stereocenters. The molecule has 0 aromatic rings. The second-order valence-electron chi connectivity index (χ2n) is 1.33. The molecule has 1 rings (SSSR count). The topological polar surface area (TPSA) is 12.4 Å². The van der Waals surface area contributed by atoms with Crippen LogP contribution >= 0.6 is 0 Å². The van der Waals surface area contributed by atoms with E-state index >= 15 is 0 Å². The zero-order valence-electron chi connectivity index (χ0n) is 3.65. The lowest BCUT2D eigenvalue weighted by Crippen LogP contribution is -2.06. The van der Waals surface area contributed by atoms with Crippen molar-refractivity contribution in [2.45, 2.75) is 6.42 Å². The summed E-state index contributed by atoms with van der Waals surface area (Å²) in [7, 11) is 0. The van der Waals surface area contributed by atoms with Gasteiger partial charge in [0.1, 0.15) is 0 Å². The lowest BCUT2D eigenvalue weighted by Gasteiger charge is -2.05. The SMILES string of the molecule is C=CC1=NCC1. The quantitative estimate of drug-likeness (QED) is 0.447. The molecule has 0 radical (unpaired) electrons. The van der Waals surface area contributed by atoms with Crippen LogP contribution in [0.15, 0.2) is 17.6 Å². The molecule has 1 heteroatoms. The molecule has 0 aromatic heterocycles. The number of hydrogen-bond donors (Lipinski definition) is 0. The molecule has 0 fully saturated rings. The van der Waals surface area contributed by atoms with Crippen molar-refractivity contribution in [3.63, 3.8) is 0 Å². The molecule has 0 N–H and O–H groups in total. The standard InChI is InChI=1S/C5H7N/c1-2-5-3-4-6-5/h2H,1,3-4H2. The van der Waals surface area contributed by atoms with E-state index in [-0.39, 0.29) is 0 Å². The summed E-state index contributed by atoms with van der Waals surface area (Å²) >= 11 is 0. The van der Waals surface area contributed by atoms with E-state index in [0.717, 1.165) is 18.7 Å². The van der Waals surface area contributed by atoms with Crippen molar-refractivity contribution in [2.24, 2.45) is 4.99 Å². The van der Waals surface area contributed by atoms with Gasteiger partial charge in [-0.1, -0.05) is 6.58 Å². The molecule has 0 spiro atoms. The number of nitrogens with zero attached hydrogens (tertiary/aromatic N) is 1. The van der Waals surface area contributed by atoms with Crippen molar-refractivity contribution in [3.05, 3.63) is 12.7 Å². The maximum Gasteiger partial charge on any atom is 0.0447 e. The van der Waals surface area contributed by atoms with Crippen LogP contribution in [0.3, 0.4) is 0 Å². The average Bonchev–Trinajstić information content (AvgIpc) is 1.31. The molecule has 0 unspecified atom stereocenters. The monoisotopic (exact) mass is 81.1 g/mol. The highest BCUT2D eigenvalue weighted by Crippen LogP contribution is 1.99. The first-order chi connectivity index (χ1) is 2.93. The number of hydrogen-bond acceptors (Lipinski definition) is 1. The second-order valence-corrected chi connectivity index (χ2v) is 1.33. The lowest BCUT2D eigenvalue weighted by molar-refractivity contribution is 0.954. The summed E-state index contributed by atoms with van der Waals surface area (Å²) < 4.78 is 0. The van der Waals surface area contributed by atoms with Gasteiger partial charge in [-0.15, -0.1) is 0 Å². The van der Waals surface area contributed by atoms with Gasteiger partial charge in [0.25, 0.3) is 0 Å². The van der Waals surface area contributed by atoms with Gasteiger partial charge in [-0.05, 0) is 6.08 Å². The molecule has 0 amide bonds. The number of rotatable bonds is 1. The highest BCUT2D eigenvalue weighted by molar-refractivity contribution is 5.97. The minimum Gasteiger partial charge on any atom is -0.289 e. The molecule has 6 heavy (non-hydrogen) atoms. The maximum absolute atomic E-state index is 3.99. The van der Waals surface area contributed by atoms with Crippen molar-refractivity contribution >= 4 is 5.71 Å². The zero-order chi connectivity index (χ0) is 4.41. The summed E-state index contributed by atoms with van der Waals surface area (Å²) in [5.74, 6) is 0. The van der Waals surface area contributed by atoms with Gasteiger partial charge in [-0.25, -0.2) is 0 Å². The van der Waals surface area contributed by atoms with Crippen LogP contribution in [0.4, 0.5) is 0 Å². The Bertz CT molecular complexity index is 92.1. The van der Waals surface area contributed by atoms with Crippen LogP contribution in [0.2, 0.25) is 0 Å². The molecule has 1 aliphatic heterocycles. The molecule has 1 heterocycles. The second kappa shape index (κ2) is 1.25. The van der Waals surface area contributed by atoms with E-state index in [0.29, 0.717) is 0 Å².